The van der Waals surface area contributed by atoms with Gasteiger partial charge in [-0.2, -0.15) is 0 Å². The van der Waals surface area contributed by atoms with Crippen LogP contribution in [0.1, 0.15) is 37.8 Å². The maximum atomic E-state index is 3.63. The van der Waals surface area contributed by atoms with Gasteiger partial charge in [0.25, 0.3) is 0 Å². The van der Waals surface area contributed by atoms with Gasteiger partial charge in [-0.05, 0) is 55.2 Å². The number of aryl methyl sites for hydroxylation is 1. The summed E-state index contributed by atoms with van der Waals surface area (Å²) in [6, 6.07) is 8.82. The highest BCUT2D eigenvalue weighted by Crippen LogP contribution is 2.48. The van der Waals surface area contributed by atoms with Crippen molar-refractivity contribution in [2.75, 3.05) is 13.1 Å². The summed E-state index contributed by atoms with van der Waals surface area (Å²) in [6.45, 7) is 9.11. The lowest BCUT2D eigenvalue weighted by Gasteiger charge is -2.18. The molecule has 0 amide bonds. The lowest BCUT2D eigenvalue weighted by atomic mass is 9.93. The van der Waals surface area contributed by atoms with Crippen molar-refractivity contribution in [3.8, 4) is 0 Å². The second-order valence-corrected chi connectivity index (χ2v) is 6.13. The van der Waals surface area contributed by atoms with Gasteiger partial charge < -0.3 is 5.32 Å². The van der Waals surface area contributed by atoms with Gasteiger partial charge in [0.1, 0.15) is 0 Å². The molecule has 1 N–H and O–H groups in total. The smallest absolute Gasteiger partial charge is 0.00111 e. The van der Waals surface area contributed by atoms with Gasteiger partial charge in [-0.25, -0.2) is 0 Å². The molecule has 2 rings (SSSR count). The zero-order valence-corrected chi connectivity index (χ0v) is 11.4. The van der Waals surface area contributed by atoms with Crippen LogP contribution in [-0.4, -0.2) is 13.1 Å². The summed E-state index contributed by atoms with van der Waals surface area (Å²) < 4.78 is 0. The van der Waals surface area contributed by atoms with Crippen LogP contribution in [0, 0.1) is 18.3 Å². The van der Waals surface area contributed by atoms with E-state index in [0.29, 0.717) is 5.41 Å². The topological polar surface area (TPSA) is 12.0 Å². The Morgan fingerprint density at radius 2 is 1.94 bits per heavy atom. The molecule has 0 spiro atoms. The monoisotopic (exact) mass is 231 g/mol. The Labute approximate surface area is 106 Å². The minimum absolute atomic E-state index is 0.570. The summed E-state index contributed by atoms with van der Waals surface area (Å²) in [7, 11) is 0. The van der Waals surface area contributed by atoms with Crippen LogP contribution in [0.4, 0.5) is 0 Å². The summed E-state index contributed by atoms with van der Waals surface area (Å²) in [5.74, 6) is 0.754. The minimum atomic E-state index is 0.570. The van der Waals surface area contributed by atoms with E-state index in [4.69, 9.17) is 0 Å². The molecule has 17 heavy (non-hydrogen) atoms. The fourth-order valence-corrected chi connectivity index (χ4v) is 2.43. The molecule has 0 atom stereocenters. The molecule has 1 heteroatoms. The predicted molar refractivity (Wildman–Crippen MR) is 74.3 cm³/mol. The van der Waals surface area contributed by atoms with Gasteiger partial charge >= 0.3 is 0 Å². The Balaban J connectivity index is 1.88. The SMILES string of the molecule is Cc1ccccc1CC1(CNCC(C)C)CC1. The van der Waals surface area contributed by atoms with Gasteiger partial charge in [-0.15, -0.1) is 0 Å². The van der Waals surface area contributed by atoms with E-state index in [9.17, 15) is 0 Å². The Morgan fingerprint density at radius 1 is 1.24 bits per heavy atom. The number of hydrogen-bond acceptors (Lipinski definition) is 1. The molecule has 0 heterocycles. The third kappa shape index (κ3) is 3.57. The Morgan fingerprint density at radius 3 is 2.53 bits per heavy atom. The molecule has 0 aromatic heterocycles. The number of benzene rings is 1. The second kappa shape index (κ2) is 5.22. The van der Waals surface area contributed by atoms with Crippen molar-refractivity contribution in [1.82, 2.24) is 5.32 Å². The van der Waals surface area contributed by atoms with E-state index in [-0.39, 0.29) is 0 Å². The van der Waals surface area contributed by atoms with Crippen molar-refractivity contribution in [1.29, 1.82) is 0 Å². The molecular formula is C16H25N. The Hall–Kier alpha value is -0.820. The Bertz CT molecular complexity index is 364. The van der Waals surface area contributed by atoms with E-state index in [1.807, 2.05) is 0 Å². The summed E-state index contributed by atoms with van der Waals surface area (Å²) >= 11 is 0. The first kappa shape index (κ1) is 12.6. The molecule has 94 valence electrons. The van der Waals surface area contributed by atoms with Crippen molar-refractivity contribution in [2.24, 2.45) is 11.3 Å². The molecule has 0 unspecified atom stereocenters. The molecule has 1 fully saturated rings. The van der Waals surface area contributed by atoms with Gasteiger partial charge in [-0.1, -0.05) is 38.1 Å². The van der Waals surface area contributed by atoms with Crippen LogP contribution in [0.2, 0.25) is 0 Å². The van der Waals surface area contributed by atoms with Gasteiger partial charge in [0.15, 0.2) is 0 Å². The fraction of sp³-hybridized carbons (Fsp3) is 0.625. The van der Waals surface area contributed by atoms with Crippen LogP contribution in [0.25, 0.3) is 0 Å². The van der Waals surface area contributed by atoms with Gasteiger partial charge in [0.2, 0.25) is 0 Å². The van der Waals surface area contributed by atoms with Crippen LogP contribution >= 0.6 is 0 Å². The van der Waals surface area contributed by atoms with Crippen molar-refractivity contribution in [3.63, 3.8) is 0 Å². The maximum Gasteiger partial charge on any atom is 0.00111 e. The van der Waals surface area contributed by atoms with Gasteiger partial charge in [-0.3, -0.25) is 0 Å². The second-order valence-electron chi connectivity index (χ2n) is 6.13. The van der Waals surface area contributed by atoms with Crippen LogP contribution < -0.4 is 5.32 Å². The van der Waals surface area contributed by atoms with E-state index in [1.165, 1.54) is 36.9 Å². The first-order valence-corrected chi connectivity index (χ1v) is 6.87. The minimum Gasteiger partial charge on any atom is -0.316 e. The fourth-order valence-electron chi connectivity index (χ4n) is 2.43. The highest BCUT2D eigenvalue weighted by atomic mass is 14.9. The molecule has 1 aromatic rings. The summed E-state index contributed by atoms with van der Waals surface area (Å²) in [4.78, 5) is 0. The molecule has 0 bridgehead atoms. The van der Waals surface area contributed by atoms with Crippen LogP contribution in [0.3, 0.4) is 0 Å². The highest BCUT2D eigenvalue weighted by Gasteiger charge is 2.42. The molecule has 1 aliphatic rings. The van der Waals surface area contributed by atoms with E-state index < -0.39 is 0 Å². The third-order valence-corrected chi connectivity index (χ3v) is 3.84. The normalized spacial score (nSPS) is 17.4. The molecule has 1 aromatic carbocycles. The predicted octanol–water partition coefficient (Wildman–Crippen LogP) is 3.56. The molecule has 0 saturated heterocycles. The van der Waals surface area contributed by atoms with E-state index in [2.05, 4.69) is 50.4 Å². The number of nitrogens with one attached hydrogen (secondary N) is 1. The summed E-state index contributed by atoms with van der Waals surface area (Å²) in [5.41, 5.74) is 3.56. The average molecular weight is 231 g/mol. The quantitative estimate of drug-likeness (QED) is 0.789. The first-order valence-electron chi connectivity index (χ1n) is 6.87. The summed E-state index contributed by atoms with van der Waals surface area (Å²) in [5, 5.41) is 3.63. The molecule has 0 aliphatic heterocycles. The van der Waals surface area contributed by atoms with Crippen molar-refractivity contribution in [2.45, 2.75) is 40.0 Å². The van der Waals surface area contributed by atoms with Crippen molar-refractivity contribution < 1.29 is 0 Å². The van der Waals surface area contributed by atoms with E-state index >= 15 is 0 Å². The van der Waals surface area contributed by atoms with Crippen LogP contribution in [-0.2, 0) is 6.42 Å². The van der Waals surface area contributed by atoms with E-state index in [1.54, 1.807) is 0 Å². The average Bonchev–Trinajstić information content (AvgIpc) is 3.01. The highest BCUT2D eigenvalue weighted by molar-refractivity contribution is 5.28. The Kier molecular flexibility index (Phi) is 3.88. The lowest BCUT2D eigenvalue weighted by Crippen LogP contribution is -2.28. The van der Waals surface area contributed by atoms with Crippen LogP contribution in [0.5, 0.6) is 0 Å². The first-order chi connectivity index (χ1) is 8.11. The molecule has 0 radical (unpaired) electrons. The van der Waals surface area contributed by atoms with Crippen molar-refractivity contribution in [3.05, 3.63) is 35.4 Å². The molecule has 1 nitrogen and oxygen atoms in total. The summed E-state index contributed by atoms with van der Waals surface area (Å²) in [6.07, 6.45) is 4.05. The van der Waals surface area contributed by atoms with Crippen molar-refractivity contribution >= 4 is 0 Å². The molecule has 1 aliphatic carbocycles. The zero-order chi connectivity index (χ0) is 12.3. The van der Waals surface area contributed by atoms with Crippen LogP contribution in [0.15, 0.2) is 24.3 Å². The lowest BCUT2D eigenvalue weighted by molar-refractivity contribution is 0.431. The van der Waals surface area contributed by atoms with Gasteiger partial charge in [0.05, 0.1) is 0 Å². The van der Waals surface area contributed by atoms with Gasteiger partial charge in [0, 0.05) is 6.54 Å². The largest absolute Gasteiger partial charge is 0.316 e. The number of rotatable bonds is 6. The van der Waals surface area contributed by atoms with E-state index in [0.717, 1.165) is 12.5 Å². The molecule has 1 saturated carbocycles. The standard InChI is InChI=1S/C16H25N/c1-13(2)11-17-12-16(8-9-16)10-15-7-5-4-6-14(15)3/h4-7,13,17H,8-12H2,1-3H3. The zero-order valence-electron chi connectivity index (χ0n) is 11.4. The third-order valence-electron chi connectivity index (χ3n) is 3.84. The number of hydrogen-bond donors (Lipinski definition) is 1. The maximum absolute atomic E-state index is 3.63. The molecular weight excluding hydrogens is 206 g/mol.